The van der Waals surface area contributed by atoms with Gasteiger partial charge in [-0.25, -0.2) is 9.37 Å². The van der Waals surface area contributed by atoms with E-state index in [2.05, 4.69) is 4.98 Å². The van der Waals surface area contributed by atoms with E-state index in [9.17, 15) is 14.0 Å². The quantitative estimate of drug-likeness (QED) is 0.806. The fourth-order valence-electron chi connectivity index (χ4n) is 3.73. The molecular formula is C19H20FN3O4. The van der Waals surface area contributed by atoms with Gasteiger partial charge in [0.2, 0.25) is 5.91 Å². The van der Waals surface area contributed by atoms with Crippen LogP contribution in [0, 0.1) is 5.82 Å². The van der Waals surface area contributed by atoms with Gasteiger partial charge in [0.05, 0.1) is 12.6 Å². The minimum absolute atomic E-state index is 0.0481. The summed E-state index contributed by atoms with van der Waals surface area (Å²) in [7, 11) is 0. The summed E-state index contributed by atoms with van der Waals surface area (Å²) >= 11 is 0. The molecule has 0 aliphatic carbocycles. The molecule has 0 radical (unpaired) electrons. The molecule has 2 saturated heterocycles. The molecule has 2 aromatic heterocycles. The zero-order valence-electron chi connectivity index (χ0n) is 14.7. The van der Waals surface area contributed by atoms with E-state index in [1.807, 2.05) is 0 Å². The molecule has 2 fully saturated rings. The molecule has 7 nitrogen and oxygen atoms in total. The maximum Gasteiger partial charge on any atom is 0.250 e. The molecule has 27 heavy (non-hydrogen) atoms. The van der Waals surface area contributed by atoms with Crippen molar-refractivity contribution in [3.63, 3.8) is 0 Å². The number of aromatic nitrogens is 2. The SMILES string of the molecule is O=C(Cn1ccccc1=O)N1C[C@H](Oc2ncccc2F)[C@H]2OCCC[C@H]21. The van der Waals surface area contributed by atoms with E-state index in [0.29, 0.717) is 6.61 Å². The summed E-state index contributed by atoms with van der Waals surface area (Å²) in [6, 6.07) is 7.38. The molecule has 8 heteroatoms. The molecule has 3 atom stereocenters. The fourth-order valence-corrected chi connectivity index (χ4v) is 3.73. The smallest absolute Gasteiger partial charge is 0.250 e. The number of hydrogen-bond donors (Lipinski definition) is 0. The topological polar surface area (TPSA) is 73.7 Å². The lowest BCUT2D eigenvalue weighted by molar-refractivity contribution is -0.135. The van der Waals surface area contributed by atoms with Crippen LogP contribution in [-0.4, -0.2) is 51.8 Å². The minimum Gasteiger partial charge on any atom is -0.468 e. The largest absolute Gasteiger partial charge is 0.468 e. The second-order valence-corrected chi connectivity index (χ2v) is 6.70. The van der Waals surface area contributed by atoms with Crippen LogP contribution in [0.5, 0.6) is 5.88 Å². The Morgan fingerprint density at radius 1 is 1.33 bits per heavy atom. The first-order valence-electron chi connectivity index (χ1n) is 8.97. The summed E-state index contributed by atoms with van der Waals surface area (Å²) in [5, 5.41) is 0. The average molecular weight is 373 g/mol. The summed E-state index contributed by atoms with van der Waals surface area (Å²) in [4.78, 5) is 30.4. The Labute approximate surface area is 155 Å². The van der Waals surface area contributed by atoms with Crippen molar-refractivity contribution < 1.29 is 18.7 Å². The van der Waals surface area contributed by atoms with Crippen LogP contribution in [0.25, 0.3) is 0 Å². The second kappa shape index (κ2) is 7.48. The normalized spacial score (nSPS) is 24.5. The highest BCUT2D eigenvalue weighted by atomic mass is 19.1. The molecule has 4 rings (SSSR count). The highest BCUT2D eigenvalue weighted by Gasteiger charge is 2.47. The first-order chi connectivity index (χ1) is 13.1. The number of pyridine rings is 2. The summed E-state index contributed by atoms with van der Waals surface area (Å²) in [6.07, 6.45) is 3.82. The van der Waals surface area contributed by atoms with E-state index in [4.69, 9.17) is 9.47 Å². The fraction of sp³-hybridized carbons (Fsp3) is 0.421. The van der Waals surface area contributed by atoms with Crippen molar-refractivity contribution in [1.29, 1.82) is 0 Å². The van der Waals surface area contributed by atoms with Crippen LogP contribution >= 0.6 is 0 Å². The summed E-state index contributed by atoms with van der Waals surface area (Å²) in [5.74, 6) is -0.828. The number of likely N-dealkylation sites (tertiary alicyclic amines) is 1. The molecule has 0 N–H and O–H groups in total. The van der Waals surface area contributed by atoms with Gasteiger partial charge >= 0.3 is 0 Å². The molecule has 1 amide bonds. The first-order valence-corrected chi connectivity index (χ1v) is 8.97. The van der Waals surface area contributed by atoms with Crippen LogP contribution in [0.3, 0.4) is 0 Å². The van der Waals surface area contributed by atoms with Gasteiger partial charge in [-0.15, -0.1) is 0 Å². The highest BCUT2D eigenvalue weighted by Crippen LogP contribution is 2.31. The van der Waals surface area contributed by atoms with Gasteiger partial charge in [-0.1, -0.05) is 6.07 Å². The van der Waals surface area contributed by atoms with Gasteiger partial charge in [0.25, 0.3) is 11.4 Å². The minimum atomic E-state index is -0.550. The summed E-state index contributed by atoms with van der Waals surface area (Å²) < 4.78 is 26.9. The number of fused-ring (bicyclic) bond motifs is 1. The Morgan fingerprint density at radius 2 is 2.22 bits per heavy atom. The number of amides is 1. The number of rotatable bonds is 4. The lowest BCUT2D eigenvalue weighted by Gasteiger charge is -2.32. The van der Waals surface area contributed by atoms with Gasteiger partial charge in [-0.2, -0.15) is 0 Å². The van der Waals surface area contributed by atoms with Crippen molar-refractivity contribution in [3.8, 4) is 5.88 Å². The van der Waals surface area contributed by atoms with Crippen molar-refractivity contribution in [1.82, 2.24) is 14.5 Å². The molecule has 0 saturated carbocycles. The maximum atomic E-state index is 13.9. The number of nitrogens with zero attached hydrogens (tertiary/aromatic N) is 3. The molecule has 0 aromatic carbocycles. The third kappa shape index (κ3) is 3.57. The van der Waals surface area contributed by atoms with E-state index in [-0.39, 0.29) is 42.6 Å². The van der Waals surface area contributed by atoms with Crippen LogP contribution in [0.15, 0.2) is 47.5 Å². The molecule has 2 aliphatic heterocycles. The predicted molar refractivity (Wildman–Crippen MR) is 93.8 cm³/mol. The average Bonchev–Trinajstić information content (AvgIpc) is 3.04. The molecule has 0 spiro atoms. The van der Waals surface area contributed by atoms with Gasteiger partial charge in [-0.3, -0.25) is 9.59 Å². The van der Waals surface area contributed by atoms with Crippen molar-refractivity contribution in [3.05, 3.63) is 58.9 Å². The van der Waals surface area contributed by atoms with Gasteiger partial charge in [0, 0.05) is 25.1 Å². The van der Waals surface area contributed by atoms with Crippen LogP contribution in [0.2, 0.25) is 0 Å². The highest BCUT2D eigenvalue weighted by molar-refractivity contribution is 5.77. The Balaban J connectivity index is 1.53. The summed E-state index contributed by atoms with van der Waals surface area (Å²) in [5.41, 5.74) is -0.232. The molecule has 0 bridgehead atoms. The lowest BCUT2D eigenvalue weighted by atomic mass is 10.0. The van der Waals surface area contributed by atoms with E-state index in [1.165, 1.54) is 29.0 Å². The Bertz CT molecular complexity index is 887. The first kappa shape index (κ1) is 17.7. The molecule has 4 heterocycles. The lowest BCUT2D eigenvalue weighted by Crippen LogP contribution is -2.45. The zero-order valence-corrected chi connectivity index (χ0v) is 14.7. The van der Waals surface area contributed by atoms with Crippen molar-refractivity contribution in [2.75, 3.05) is 13.2 Å². The van der Waals surface area contributed by atoms with Gasteiger partial charge < -0.3 is 18.9 Å². The van der Waals surface area contributed by atoms with Crippen LogP contribution in [0.1, 0.15) is 12.8 Å². The molecule has 2 aliphatic rings. The Kier molecular flexibility index (Phi) is 4.89. The number of carbonyl (C=O) groups excluding carboxylic acids is 1. The number of carbonyl (C=O) groups is 1. The molecular weight excluding hydrogens is 353 g/mol. The van der Waals surface area contributed by atoms with Gasteiger partial charge in [0.1, 0.15) is 18.8 Å². The standard InChI is InChI=1S/C19H20FN3O4/c20-13-5-3-8-21-19(13)27-15-11-23(14-6-4-10-26-18(14)15)17(25)12-22-9-2-1-7-16(22)24/h1-3,5,7-9,14-15,18H,4,6,10-12H2/t14-,15+,18+/m1/s1. The zero-order chi connectivity index (χ0) is 18.8. The van der Waals surface area contributed by atoms with Crippen LogP contribution in [-0.2, 0) is 16.1 Å². The van der Waals surface area contributed by atoms with Crippen molar-refractivity contribution in [2.45, 2.75) is 37.6 Å². The predicted octanol–water partition coefficient (Wildman–Crippen LogP) is 1.22. The Morgan fingerprint density at radius 3 is 3.04 bits per heavy atom. The molecule has 142 valence electrons. The third-order valence-corrected chi connectivity index (χ3v) is 4.99. The summed E-state index contributed by atoms with van der Waals surface area (Å²) in [6.45, 7) is 0.797. The Hall–Kier alpha value is -2.74. The second-order valence-electron chi connectivity index (χ2n) is 6.70. The van der Waals surface area contributed by atoms with Gasteiger partial charge in [0.15, 0.2) is 5.82 Å². The van der Waals surface area contributed by atoms with E-state index >= 15 is 0 Å². The van der Waals surface area contributed by atoms with Crippen LogP contribution < -0.4 is 10.3 Å². The van der Waals surface area contributed by atoms with Crippen molar-refractivity contribution in [2.24, 2.45) is 0 Å². The van der Waals surface area contributed by atoms with Gasteiger partial charge in [-0.05, 0) is 31.0 Å². The van der Waals surface area contributed by atoms with E-state index in [0.717, 1.165) is 12.8 Å². The third-order valence-electron chi connectivity index (χ3n) is 4.99. The number of hydrogen-bond acceptors (Lipinski definition) is 5. The monoisotopic (exact) mass is 373 g/mol. The van der Waals surface area contributed by atoms with E-state index in [1.54, 1.807) is 23.2 Å². The molecule has 0 unspecified atom stereocenters. The number of halogens is 1. The van der Waals surface area contributed by atoms with Crippen molar-refractivity contribution >= 4 is 5.91 Å². The molecule has 2 aromatic rings. The maximum absolute atomic E-state index is 13.9. The van der Waals surface area contributed by atoms with E-state index < -0.39 is 11.9 Å². The number of ether oxygens (including phenoxy) is 2. The van der Waals surface area contributed by atoms with Crippen LogP contribution in [0.4, 0.5) is 4.39 Å².